The number of amides is 1. The van der Waals surface area contributed by atoms with E-state index in [9.17, 15) is 9.18 Å². The van der Waals surface area contributed by atoms with Gasteiger partial charge >= 0.3 is 6.09 Å². The van der Waals surface area contributed by atoms with Gasteiger partial charge in [0.2, 0.25) is 5.28 Å². The van der Waals surface area contributed by atoms with E-state index in [2.05, 4.69) is 9.97 Å². The molecule has 13 heteroatoms. The van der Waals surface area contributed by atoms with Gasteiger partial charge in [-0.1, -0.05) is 17.7 Å². The Hall–Kier alpha value is -3.54. The predicted molar refractivity (Wildman–Crippen MR) is 162 cm³/mol. The number of fused-ring (bicyclic) bond motifs is 4. The molecule has 0 radical (unpaired) electrons. The summed E-state index contributed by atoms with van der Waals surface area (Å²) in [5.74, 6) is -2.56. The second-order valence-electron chi connectivity index (χ2n) is 11.9. The number of hydrogen-bond acceptors (Lipinski definition) is 7. The first-order valence-corrected chi connectivity index (χ1v) is 14.8. The Kier molecular flexibility index (Phi) is 7.92. The number of hydrogen-bond donors (Lipinski definition) is 0. The highest BCUT2D eigenvalue weighted by molar-refractivity contribution is 6.35. The van der Waals surface area contributed by atoms with Crippen molar-refractivity contribution >= 4 is 56.8 Å². The topological polar surface area (TPSA) is 77.0 Å². The Bertz CT molecular complexity index is 1790. The standard InChI is InChI=1S/C31H29Cl2F3N4O4/c1-31(2,3)44-30(41)40-16-6-7-17(40)13-39(12-16)28-20-11-21(32)24(26(36)27(20)37-29(33)38-28)19-10-18(43-14-42-4)9-15-5-8-22(34)25(35)23(15)19/h5,8-11,16-17H,6-7,12-14H2,1-4H3/t16-,17+. The van der Waals surface area contributed by atoms with E-state index in [1.807, 2.05) is 25.7 Å². The molecule has 8 nitrogen and oxygen atoms in total. The summed E-state index contributed by atoms with van der Waals surface area (Å²) in [6.45, 7) is 6.15. The van der Waals surface area contributed by atoms with E-state index in [1.54, 1.807) is 4.90 Å². The Balaban J connectivity index is 1.46. The highest BCUT2D eigenvalue weighted by atomic mass is 35.5. The van der Waals surface area contributed by atoms with Crippen molar-refractivity contribution in [2.75, 3.05) is 31.9 Å². The molecule has 6 rings (SSSR count). The molecule has 4 aromatic rings. The number of ether oxygens (including phenoxy) is 3. The molecule has 2 aliphatic heterocycles. The molecular weight excluding hydrogens is 620 g/mol. The highest BCUT2D eigenvalue weighted by Gasteiger charge is 2.45. The molecule has 2 bridgehead atoms. The SMILES string of the molecule is COCOc1cc(-c2c(Cl)cc3c(N4C[C@H]5CC[C@@H](C4)N5C(=O)OC(C)(C)C)nc(Cl)nc3c2F)c2c(F)c(F)ccc2c1. The van der Waals surface area contributed by atoms with Crippen molar-refractivity contribution in [3.8, 4) is 16.9 Å². The minimum Gasteiger partial charge on any atom is -0.468 e. The summed E-state index contributed by atoms with van der Waals surface area (Å²) in [5, 5.41) is 0.0914. The van der Waals surface area contributed by atoms with Crippen LogP contribution in [0.3, 0.4) is 0 Å². The monoisotopic (exact) mass is 648 g/mol. The van der Waals surface area contributed by atoms with Crippen LogP contribution in [0.2, 0.25) is 10.3 Å². The van der Waals surface area contributed by atoms with Crippen molar-refractivity contribution in [1.29, 1.82) is 0 Å². The molecule has 0 N–H and O–H groups in total. The Labute approximate surface area is 261 Å². The largest absolute Gasteiger partial charge is 0.468 e. The van der Waals surface area contributed by atoms with Gasteiger partial charge in [0.15, 0.2) is 24.2 Å². The average Bonchev–Trinajstić information content (AvgIpc) is 3.22. The lowest BCUT2D eigenvalue weighted by atomic mass is 9.95. The number of piperazine rings is 1. The summed E-state index contributed by atoms with van der Waals surface area (Å²) in [6.07, 6.45) is 1.17. The van der Waals surface area contributed by atoms with Crippen molar-refractivity contribution in [3.63, 3.8) is 0 Å². The van der Waals surface area contributed by atoms with Gasteiger partial charge in [0.1, 0.15) is 22.7 Å². The number of anilines is 1. The lowest BCUT2D eigenvalue weighted by Crippen LogP contribution is -2.57. The summed E-state index contributed by atoms with van der Waals surface area (Å²) in [6, 6.07) is 6.42. The molecule has 0 unspecified atom stereocenters. The summed E-state index contributed by atoms with van der Waals surface area (Å²) >= 11 is 13.1. The van der Waals surface area contributed by atoms with Gasteiger partial charge in [0.25, 0.3) is 0 Å². The predicted octanol–water partition coefficient (Wildman–Crippen LogP) is 7.74. The fraction of sp³-hybridized carbons (Fsp3) is 0.387. The Morgan fingerprint density at radius 1 is 1.02 bits per heavy atom. The van der Waals surface area contributed by atoms with Gasteiger partial charge in [-0.05, 0) is 74.9 Å². The van der Waals surface area contributed by atoms with Crippen LogP contribution in [-0.4, -0.2) is 65.6 Å². The zero-order valence-electron chi connectivity index (χ0n) is 24.4. The van der Waals surface area contributed by atoms with Crippen LogP contribution in [-0.2, 0) is 9.47 Å². The van der Waals surface area contributed by atoms with Crippen molar-refractivity contribution < 1.29 is 32.2 Å². The zero-order chi connectivity index (χ0) is 31.5. The van der Waals surface area contributed by atoms with Crippen LogP contribution in [0.15, 0.2) is 30.3 Å². The maximum Gasteiger partial charge on any atom is 0.410 e. The number of rotatable bonds is 5. The number of benzene rings is 3. The maximum atomic E-state index is 16.6. The first-order valence-electron chi connectivity index (χ1n) is 14.0. The third-order valence-electron chi connectivity index (χ3n) is 7.82. The summed E-state index contributed by atoms with van der Waals surface area (Å²) in [4.78, 5) is 25.3. The van der Waals surface area contributed by atoms with E-state index in [0.717, 1.165) is 18.9 Å². The smallest absolute Gasteiger partial charge is 0.410 e. The van der Waals surface area contributed by atoms with Gasteiger partial charge in [-0.2, -0.15) is 4.98 Å². The van der Waals surface area contributed by atoms with Gasteiger partial charge < -0.3 is 19.1 Å². The van der Waals surface area contributed by atoms with Crippen LogP contribution >= 0.6 is 23.2 Å². The third-order valence-corrected chi connectivity index (χ3v) is 8.28. The van der Waals surface area contributed by atoms with Crippen LogP contribution in [0.5, 0.6) is 5.75 Å². The van der Waals surface area contributed by atoms with Crippen LogP contribution < -0.4 is 9.64 Å². The number of methoxy groups -OCH3 is 1. The molecular formula is C31H29Cl2F3N4O4. The number of carbonyl (C=O) groups excluding carboxylic acids is 1. The molecule has 0 aliphatic carbocycles. The quantitative estimate of drug-likeness (QED) is 0.162. The van der Waals surface area contributed by atoms with Crippen LogP contribution in [0, 0.1) is 17.5 Å². The van der Waals surface area contributed by atoms with Gasteiger partial charge in [-0.3, -0.25) is 4.90 Å². The lowest BCUT2D eigenvalue weighted by molar-refractivity contribution is 0.0123. The average molecular weight is 649 g/mol. The second kappa shape index (κ2) is 11.4. The van der Waals surface area contributed by atoms with E-state index in [0.29, 0.717) is 18.9 Å². The molecule has 3 aromatic carbocycles. The number of nitrogens with zero attached hydrogens (tertiary/aromatic N) is 4. The minimum absolute atomic E-state index is 0.0321. The fourth-order valence-electron chi connectivity index (χ4n) is 6.11. The van der Waals surface area contributed by atoms with Gasteiger partial charge in [0.05, 0.1) is 17.1 Å². The summed E-state index contributed by atoms with van der Waals surface area (Å²) in [7, 11) is 1.43. The van der Waals surface area contributed by atoms with E-state index < -0.39 is 23.1 Å². The number of halogens is 5. The molecule has 2 saturated heterocycles. The Morgan fingerprint density at radius 3 is 2.39 bits per heavy atom. The molecule has 1 amide bonds. The first kappa shape index (κ1) is 30.5. The molecule has 0 spiro atoms. The molecule has 232 valence electrons. The Morgan fingerprint density at radius 2 is 1.73 bits per heavy atom. The third kappa shape index (κ3) is 5.46. The van der Waals surface area contributed by atoms with E-state index in [-0.39, 0.29) is 73.8 Å². The molecule has 3 heterocycles. The van der Waals surface area contributed by atoms with Crippen LogP contribution in [0.25, 0.3) is 32.8 Å². The van der Waals surface area contributed by atoms with Gasteiger partial charge in [0, 0.05) is 42.1 Å². The van der Waals surface area contributed by atoms with Crippen molar-refractivity contribution in [3.05, 3.63) is 58.1 Å². The molecule has 44 heavy (non-hydrogen) atoms. The van der Waals surface area contributed by atoms with Gasteiger partial charge in [-0.15, -0.1) is 0 Å². The molecule has 2 aliphatic rings. The normalized spacial score (nSPS) is 18.4. The van der Waals surface area contributed by atoms with Crippen LogP contribution in [0.1, 0.15) is 33.6 Å². The summed E-state index contributed by atoms with van der Waals surface area (Å²) in [5.41, 5.74) is -1.01. The van der Waals surface area contributed by atoms with Crippen molar-refractivity contribution in [1.82, 2.24) is 14.9 Å². The highest BCUT2D eigenvalue weighted by Crippen LogP contribution is 2.44. The second-order valence-corrected chi connectivity index (χ2v) is 12.7. The maximum absolute atomic E-state index is 16.6. The molecule has 0 saturated carbocycles. The van der Waals surface area contributed by atoms with Crippen molar-refractivity contribution in [2.45, 2.75) is 51.3 Å². The zero-order valence-corrected chi connectivity index (χ0v) is 25.9. The lowest BCUT2D eigenvalue weighted by Gasteiger charge is -2.42. The number of carbonyl (C=O) groups is 1. The van der Waals surface area contributed by atoms with E-state index in [1.165, 1.54) is 31.4 Å². The van der Waals surface area contributed by atoms with Crippen molar-refractivity contribution in [2.24, 2.45) is 0 Å². The minimum atomic E-state index is -1.16. The van der Waals surface area contributed by atoms with E-state index >= 15 is 8.78 Å². The molecule has 2 atom stereocenters. The first-order chi connectivity index (χ1) is 20.9. The fourth-order valence-corrected chi connectivity index (χ4v) is 6.56. The molecule has 1 aromatic heterocycles. The van der Waals surface area contributed by atoms with E-state index in [4.69, 9.17) is 37.4 Å². The number of aromatic nitrogens is 2. The summed E-state index contributed by atoms with van der Waals surface area (Å²) < 4.78 is 62.4. The van der Waals surface area contributed by atoms with Gasteiger partial charge in [-0.25, -0.2) is 22.9 Å². The molecule has 2 fully saturated rings. The van der Waals surface area contributed by atoms with Crippen LogP contribution in [0.4, 0.5) is 23.8 Å².